The summed E-state index contributed by atoms with van der Waals surface area (Å²) in [6.07, 6.45) is 0.760. The lowest BCUT2D eigenvalue weighted by Gasteiger charge is -2.35. The monoisotopic (exact) mass is 416 g/mol. The number of allylic oxidation sites excluding steroid dienone is 1. The molecule has 0 unspecified atom stereocenters. The number of benzene rings is 1. The van der Waals surface area contributed by atoms with Crippen LogP contribution in [0.2, 0.25) is 0 Å². The summed E-state index contributed by atoms with van der Waals surface area (Å²) >= 11 is 3.35. The van der Waals surface area contributed by atoms with Crippen molar-refractivity contribution < 1.29 is 18.3 Å². The van der Waals surface area contributed by atoms with Gasteiger partial charge in [0.15, 0.2) is 0 Å². The highest BCUT2D eigenvalue weighted by atomic mass is 32.2. The van der Waals surface area contributed by atoms with Gasteiger partial charge in [-0.3, -0.25) is 4.57 Å². The summed E-state index contributed by atoms with van der Waals surface area (Å²) in [6, 6.07) is 10.2. The number of hydrogen-bond acceptors (Lipinski definition) is 6. The second-order valence-corrected chi connectivity index (χ2v) is 10.3. The van der Waals surface area contributed by atoms with Crippen LogP contribution in [0.1, 0.15) is 45.6 Å². The van der Waals surface area contributed by atoms with E-state index in [1.165, 1.54) is 0 Å². The van der Waals surface area contributed by atoms with E-state index in [0.29, 0.717) is 19.8 Å². The lowest BCUT2D eigenvalue weighted by molar-refractivity contribution is 0.115. The van der Waals surface area contributed by atoms with Crippen LogP contribution in [0, 0.1) is 0 Å². The molecule has 7 heteroatoms. The van der Waals surface area contributed by atoms with Crippen molar-refractivity contribution in [2.75, 3.05) is 25.6 Å². The molecule has 2 rings (SSSR count). The van der Waals surface area contributed by atoms with Gasteiger partial charge in [0.2, 0.25) is 0 Å². The Morgan fingerprint density at radius 1 is 1.08 bits per heavy atom. The first-order chi connectivity index (χ1) is 12.6. The minimum absolute atomic E-state index is 0.0352. The molecule has 0 amide bonds. The summed E-state index contributed by atoms with van der Waals surface area (Å²) in [5.41, 5.74) is 1.17. The van der Waals surface area contributed by atoms with Crippen LogP contribution in [0.5, 0.6) is 0 Å². The molecule has 1 heterocycles. The minimum Gasteiger partial charge on any atom is -0.367 e. The van der Waals surface area contributed by atoms with Gasteiger partial charge in [-0.15, -0.1) is 11.8 Å². The number of thioether (sulfide) groups is 2. The van der Waals surface area contributed by atoms with E-state index in [2.05, 4.69) is 19.1 Å². The Kier molecular flexibility index (Phi) is 9.28. The van der Waals surface area contributed by atoms with E-state index in [1.807, 2.05) is 39.0 Å². The predicted octanol–water partition coefficient (Wildman–Crippen LogP) is 6.46. The van der Waals surface area contributed by atoms with Crippen molar-refractivity contribution in [2.24, 2.45) is 0 Å². The third-order valence-corrected chi connectivity index (χ3v) is 8.99. The molecular formula is C19H29O4PS2. The van der Waals surface area contributed by atoms with Gasteiger partial charge >= 0.3 is 7.60 Å². The standard InChI is InChI=1S/C19H29O4PS2/c1-5-21-17-14-16(15-12-10-9-11-13-15)18(19(26-17)25-8-4)24(20,22-6-2)23-7-3/h9-13,16-17H,5-8,14H2,1-4H3/t16-,17-/m0/s1. The summed E-state index contributed by atoms with van der Waals surface area (Å²) < 4.78 is 32.2. The first kappa shape index (κ1) is 22.1. The van der Waals surface area contributed by atoms with Gasteiger partial charge in [-0.05, 0) is 38.5 Å². The highest BCUT2D eigenvalue weighted by molar-refractivity contribution is 8.22. The molecule has 1 aliphatic rings. The third kappa shape index (κ3) is 5.40. The molecule has 0 spiro atoms. The van der Waals surface area contributed by atoms with Gasteiger partial charge in [-0.1, -0.05) is 49.0 Å². The zero-order valence-corrected chi connectivity index (χ0v) is 18.5. The normalized spacial score (nSPS) is 21.2. The lowest BCUT2D eigenvalue weighted by atomic mass is 9.95. The summed E-state index contributed by atoms with van der Waals surface area (Å²) in [5, 5.41) is 0.806. The Morgan fingerprint density at radius 2 is 1.73 bits per heavy atom. The van der Waals surface area contributed by atoms with Crippen LogP contribution in [0.4, 0.5) is 0 Å². The molecule has 0 saturated heterocycles. The van der Waals surface area contributed by atoms with Crippen LogP contribution in [-0.2, 0) is 18.3 Å². The molecule has 2 atom stereocenters. The molecule has 1 aromatic carbocycles. The molecule has 1 aliphatic heterocycles. The van der Waals surface area contributed by atoms with Crippen molar-refractivity contribution >= 4 is 31.1 Å². The fraction of sp³-hybridized carbons (Fsp3) is 0.579. The number of hydrogen-bond donors (Lipinski definition) is 0. The number of rotatable bonds is 10. The van der Waals surface area contributed by atoms with E-state index in [-0.39, 0.29) is 11.4 Å². The van der Waals surface area contributed by atoms with Crippen molar-refractivity contribution in [3.05, 3.63) is 45.4 Å². The Labute approximate surface area is 166 Å². The Morgan fingerprint density at radius 3 is 2.27 bits per heavy atom. The van der Waals surface area contributed by atoms with E-state index in [1.54, 1.807) is 23.5 Å². The molecule has 0 aliphatic carbocycles. The van der Waals surface area contributed by atoms with E-state index >= 15 is 0 Å². The van der Waals surface area contributed by atoms with E-state index in [0.717, 1.165) is 27.3 Å². The first-order valence-corrected chi connectivity index (χ1v) is 12.6. The highest BCUT2D eigenvalue weighted by Gasteiger charge is 2.43. The van der Waals surface area contributed by atoms with E-state index < -0.39 is 7.60 Å². The quantitative estimate of drug-likeness (QED) is 0.408. The molecule has 26 heavy (non-hydrogen) atoms. The molecule has 1 aromatic rings. The Balaban J connectivity index is 2.58. The van der Waals surface area contributed by atoms with E-state index in [4.69, 9.17) is 13.8 Å². The van der Waals surface area contributed by atoms with Gasteiger partial charge in [0.05, 0.1) is 22.8 Å². The van der Waals surface area contributed by atoms with Crippen molar-refractivity contribution in [2.45, 2.75) is 45.5 Å². The lowest BCUT2D eigenvalue weighted by Crippen LogP contribution is -2.21. The average molecular weight is 417 g/mol. The molecule has 0 aromatic heterocycles. The van der Waals surface area contributed by atoms with Gasteiger partial charge in [-0.25, -0.2) is 0 Å². The smallest absolute Gasteiger partial charge is 0.359 e. The van der Waals surface area contributed by atoms with Gasteiger partial charge < -0.3 is 13.8 Å². The maximum Gasteiger partial charge on any atom is 0.359 e. The zero-order chi connectivity index (χ0) is 19.0. The van der Waals surface area contributed by atoms with Gasteiger partial charge in [0.25, 0.3) is 0 Å². The van der Waals surface area contributed by atoms with Crippen LogP contribution >= 0.6 is 31.1 Å². The fourth-order valence-electron chi connectivity index (χ4n) is 3.00. The fourth-order valence-corrected chi connectivity index (χ4v) is 8.41. The Bertz CT molecular complexity index is 626. The summed E-state index contributed by atoms with van der Waals surface area (Å²) in [6.45, 7) is 9.19. The van der Waals surface area contributed by atoms with E-state index in [9.17, 15) is 4.57 Å². The number of ether oxygens (including phenoxy) is 1. The molecule has 0 fully saturated rings. The van der Waals surface area contributed by atoms with Crippen molar-refractivity contribution in [1.29, 1.82) is 0 Å². The molecular weight excluding hydrogens is 387 g/mol. The van der Waals surface area contributed by atoms with Crippen molar-refractivity contribution in [1.82, 2.24) is 0 Å². The third-order valence-electron chi connectivity index (χ3n) is 3.93. The van der Waals surface area contributed by atoms with Crippen LogP contribution in [0.3, 0.4) is 0 Å². The molecule has 0 N–H and O–H groups in total. The largest absolute Gasteiger partial charge is 0.367 e. The first-order valence-electron chi connectivity index (χ1n) is 9.19. The van der Waals surface area contributed by atoms with Crippen LogP contribution in [0.15, 0.2) is 39.9 Å². The summed E-state index contributed by atoms with van der Waals surface area (Å²) in [7, 11) is -3.37. The summed E-state index contributed by atoms with van der Waals surface area (Å²) in [4.78, 5) is 0. The maximum absolute atomic E-state index is 13.7. The van der Waals surface area contributed by atoms with Gasteiger partial charge in [0.1, 0.15) is 5.44 Å². The average Bonchev–Trinajstić information content (AvgIpc) is 2.63. The highest BCUT2D eigenvalue weighted by Crippen LogP contribution is 2.67. The SMILES string of the molecule is CCO[C@@H]1C[C@@H](c2ccccc2)C(P(=O)(OCC)OCC)=C(SCC)S1. The van der Waals surface area contributed by atoms with Crippen molar-refractivity contribution in [3.63, 3.8) is 0 Å². The molecule has 146 valence electrons. The maximum atomic E-state index is 13.7. The topological polar surface area (TPSA) is 44.8 Å². The molecule has 0 bridgehead atoms. The zero-order valence-electron chi connectivity index (χ0n) is 16.0. The van der Waals surface area contributed by atoms with Crippen LogP contribution in [-0.4, -0.2) is 31.0 Å². The second-order valence-electron chi connectivity index (χ2n) is 5.64. The molecule has 4 nitrogen and oxygen atoms in total. The van der Waals surface area contributed by atoms with Crippen LogP contribution < -0.4 is 0 Å². The van der Waals surface area contributed by atoms with Crippen molar-refractivity contribution in [3.8, 4) is 0 Å². The van der Waals surface area contributed by atoms with Gasteiger partial charge in [-0.2, -0.15) is 0 Å². The van der Waals surface area contributed by atoms with Gasteiger partial charge in [0, 0.05) is 12.5 Å². The summed E-state index contributed by atoms with van der Waals surface area (Å²) in [5.74, 6) is 0.858. The minimum atomic E-state index is -3.37. The Hall–Kier alpha value is -0.230. The second kappa shape index (κ2) is 10.9. The predicted molar refractivity (Wildman–Crippen MR) is 113 cm³/mol. The molecule has 0 radical (unpaired) electrons. The molecule has 0 saturated carbocycles. The van der Waals surface area contributed by atoms with Crippen LogP contribution in [0.25, 0.3) is 0 Å².